The first-order valence-electron chi connectivity index (χ1n) is 14.2. The van der Waals surface area contributed by atoms with Crippen molar-refractivity contribution >= 4 is 47.4 Å². The highest BCUT2D eigenvalue weighted by Gasteiger charge is 2.34. The number of carbonyl (C=O) groups excluding carboxylic acids is 4. The Hall–Kier alpha value is -3.14. The van der Waals surface area contributed by atoms with Crippen LogP contribution in [-0.2, 0) is 32.1 Å². The Bertz CT molecular complexity index is 1220. The van der Waals surface area contributed by atoms with Crippen molar-refractivity contribution < 1.29 is 29.0 Å². The average Bonchev–Trinajstić information content (AvgIpc) is 2.98. The minimum atomic E-state index is -2.28. The molecule has 1 aliphatic carbocycles. The first-order chi connectivity index (χ1) is 20.1. The van der Waals surface area contributed by atoms with Crippen LogP contribution in [0, 0.1) is 5.92 Å². The standard InChI is InChI=1S/C31H39Cl2N3O6/c1-36(17-15-24-11-5-6-13-26(24)33)28(38)14-16-31(41,21-37)35-29(39)27(19-22-8-3-2-4-9-22)34-30(40)42-20-23-10-7-12-25(32)18-23/h5-7,10-13,18,21-22,27,41H,2-4,8-9,14-17,19-20H2,1H3,(H,34,40)(H,35,39)/t27-,31?/m0/s1. The predicted molar refractivity (Wildman–Crippen MR) is 161 cm³/mol. The van der Waals surface area contributed by atoms with E-state index in [9.17, 15) is 24.3 Å². The van der Waals surface area contributed by atoms with E-state index >= 15 is 0 Å². The summed E-state index contributed by atoms with van der Waals surface area (Å²) in [4.78, 5) is 52.0. The van der Waals surface area contributed by atoms with Crippen LogP contribution in [-0.4, -0.2) is 59.6 Å². The molecule has 2 aromatic carbocycles. The highest BCUT2D eigenvalue weighted by atomic mass is 35.5. The van der Waals surface area contributed by atoms with Gasteiger partial charge in [0, 0.05) is 36.5 Å². The van der Waals surface area contributed by atoms with Gasteiger partial charge in [-0.15, -0.1) is 0 Å². The molecule has 1 unspecified atom stereocenters. The number of aldehydes is 1. The van der Waals surface area contributed by atoms with E-state index in [4.69, 9.17) is 27.9 Å². The maximum atomic E-state index is 13.3. The van der Waals surface area contributed by atoms with Gasteiger partial charge in [0.25, 0.3) is 0 Å². The molecule has 3 amide bonds. The van der Waals surface area contributed by atoms with Crippen molar-refractivity contribution in [1.29, 1.82) is 0 Å². The van der Waals surface area contributed by atoms with Crippen LogP contribution in [0.3, 0.4) is 0 Å². The second kappa shape index (κ2) is 16.5. The molecule has 0 radical (unpaired) electrons. The Morgan fingerprint density at radius 2 is 1.86 bits per heavy atom. The smallest absolute Gasteiger partial charge is 0.408 e. The summed E-state index contributed by atoms with van der Waals surface area (Å²) in [6.07, 6.45) is 4.76. The first kappa shape index (κ1) is 33.4. The summed E-state index contributed by atoms with van der Waals surface area (Å²) in [6, 6.07) is 13.2. The molecule has 1 fully saturated rings. The molecule has 3 N–H and O–H groups in total. The highest BCUT2D eigenvalue weighted by Crippen LogP contribution is 2.28. The lowest BCUT2D eigenvalue weighted by Gasteiger charge is -2.30. The van der Waals surface area contributed by atoms with E-state index in [0.717, 1.165) is 37.7 Å². The highest BCUT2D eigenvalue weighted by molar-refractivity contribution is 6.31. The molecule has 2 atom stereocenters. The molecule has 0 spiro atoms. The number of hydrogen-bond donors (Lipinski definition) is 3. The van der Waals surface area contributed by atoms with Crippen molar-refractivity contribution in [2.75, 3.05) is 13.6 Å². The van der Waals surface area contributed by atoms with Gasteiger partial charge in [0.15, 0.2) is 12.0 Å². The van der Waals surface area contributed by atoms with E-state index < -0.39 is 23.8 Å². The van der Waals surface area contributed by atoms with E-state index in [0.29, 0.717) is 35.0 Å². The SMILES string of the molecule is CN(CCc1ccccc1Cl)C(=O)CCC(O)(C=O)NC(=O)[C@H](CC1CCCCC1)NC(=O)OCc1cccc(Cl)c1. The van der Waals surface area contributed by atoms with E-state index in [-0.39, 0.29) is 37.6 Å². The van der Waals surface area contributed by atoms with Crippen LogP contribution in [0.5, 0.6) is 0 Å². The molecule has 228 valence electrons. The van der Waals surface area contributed by atoms with E-state index in [1.54, 1.807) is 37.4 Å². The quantitative estimate of drug-likeness (QED) is 0.201. The van der Waals surface area contributed by atoms with Gasteiger partial charge < -0.3 is 25.4 Å². The number of hydrogen-bond acceptors (Lipinski definition) is 6. The van der Waals surface area contributed by atoms with Crippen LogP contribution < -0.4 is 10.6 Å². The second-order valence-electron chi connectivity index (χ2n) is 10.8. The van der Waals surface area contributed by atoms with Crippen molar-refractivity contribution in [3.63, 3.8) is 0 Å². The topological polar surface area (TPSA) is 125 Å². The van der Waals surface area contributed by atoms with Gasteiger partial charge in [-0.2, -0.15) is 0 Å². The molecule has 0 saturated heterocycles. The van der Waals surface area contributed by atoms with Gasteiger partial charge in [-0.05, 0) is 48.1 Å². The molecule has 2 aromatic rings. The molecule has 42 heavy (non-hydrogen) atoms. The van der Waals surface area contributed by atoms with Crippen molar-refractivity contribution in [2.45, 2.75) is 76.2 Å². The number of carbonyl (C=O) groups is 4. The van der Waals surface area contributed by atoms with Gasteiger partial charge in [0.1, 0.15) is 12.6 Å². The number of benzene rings is 2. The predicted octanol–water partition coefficient (Wildman–Crippen LogP) is 5.04. The zero-order valence-corrected chi connectivity index (χ0v) is 25.3. The Labute approximate surface area is 256 Å². The van der Waals surface area contributed by atoms with Crippen molar-refractivity contribution in [2.24, 2.45) is 5.92 Å². The Morgan fingerprint density at radius 3 is 2.55 bits per heavy atom. The van der Waals surface area contributed by atoms with Crippen LogP contribution in [0.2, 0.25) is 10.0 Å². The zero-order valence-electron chi connectivity index (χ0n) is 23.8. The third-order valence-electron chi connectivity index (χ3n) is 7.52. The third-order valence-corrected chi connectivity index (χ3v) is 8.12. The van der Waals surface area contributed by atoms with Crippen molar-refractivity contribution in [3.8, 4) is 0 Å². The molecule has 9 nitrogen and oxygen atoms in total. The number of alkyl carbamates (subject to hydrolysis) is 1. The number of halogens is 2. The maximum absolute atomic E-state index is 13.3. The largest absolute Gasteiger partial charge is 0.445 e. The van der Waals surface area contributed by atoms with Gasteiger partial charge in [-0.1, -0.05) is 85.6 Å². The third kappa shape index (κ3) is 10.9. The number of nitrogens with zero attached hydrogens (tertiary/aromatic N) is 1. The zero-order chi connectivity index (χ0) is 30.5. The second-order valence-corrected chi connectivity index (χ2v) is 11.7. The number of aliphatic hydroxyl groups is 1. The molecule has 0 heterocycles. The summed E-state index contributed by atoms with van der Waals surface area (Å²) in [6.45, 7) is 0.341. The van der Waals surface area contributed by atoms with Crippen LogP contribution in [0.4, 0.5) is 4.79 Å². The lowest BCUT2D eigenvalue weighted by Crippen LogP contribution is -2.57. The monoisotopic (exact) mass is 619 g/mol. The molecule has 3 rings (SSSR count). The molecule has 0 aromatic heterocycles. The van der Waals surface area contributed by atoms with Gasteiger partial charge >= 0.3 is 6.09 Å². The lowest BCUT2D eigenvalue weighted by molar-refractivity contribution is -0.143. The van der Waals surface area contributed by atoms with Crippen molar-refractivity contribution in [1.82, 2.24) is 15.5 Å². The fourth-order valence-corrected chi connectivity index (χ4v) is 5.44. The fraction of sp³-hybridized carbons (Fsp3) is 0.484. The number of amides is 3. The summed E-state index contributed by atoms with van der Waals surface area (Å²) >= 11 is 12.2. The van der Waals surface area contributed by atoms with Gasteiger partial charge in [0.2, 0.25) is 11.8 Å². The van der Waals surface area contributed by atoms with Crippen LogP contribution in [0.25, 0.3) is 0 Å². The molecular weight excluding hydrogens is 581 g/mol. The Balaban J connectivity index is 1.57. The molecule has 11 heteroatoms. The van der Waals surface area contributed by atoms with Crippen LogP contribution in [0.15, 0.2) is 48.5 Å². The van der Waals surface area contributed by atoms with E-state index in [2.05, 4.69) is 10.6 Å². The fourth-order valence-electron chi connectivity index (χ4n) is 5.00. The van der Waals surface area contributed by atoms with Crippen LogP contribution in [0.1, 0.15) is 62.5 Å². The van der Waals surface area contributed by atoms with Gasteiger partial charge in [-0.25, -0.2) is 4.79 Å². The summed E-state index contributed by atoms with van der Waals surface area (Å²) in [5, 5.41) is 17.0. The number of nitrogens with one attached hydrogen (secondary N) is 2. The minimum absolute atomic E-state index is 0.0471. The average molecular weight is 621 g/mol. The molecule has 0 bridgehead atoms. The summed E-state index contributed by atoms with van der Waals surface area (Å²) < 4.78 is 5.30. The maximum Gasteiger partial charge on any atom is 0.408 e. The Morgan fingerprint density at radius 1 is 1.12 bits per heavy atom. The summed E-state index contributed by atoms with van der Waals surface area (Å²) in [7, 11) is 1.62. The molecular formula is C31H39Cl2N3O6. The lowest BCUT2D eigenvalue weighted by atomic mass is 9.84. The van der Waals surface area contributed by atoms with E-state index in [1.165, 1.54) is 4.90 Å². The van der Waals surface area contributed by atoms with Gasteiger partial charge in [-0.3, -0.25) is 14.4 Å². The summed E-state index contributed by atoms with van der Waals surface area (Å²) in [5.74, 6) is -0.840. The number of ether oxygens (including phenoxy) is 1. The molecule has 0 aliphatic heterocycles. The number of likely N-dealkylation sites (N-methyl/N-ethyl adjacent to an activating group) is 1. The molecule has 1 saturated carbocycles. The van der Waals surface area contributed by atoms with E-state index in [1.807, 2.05) is 18.2 Å². The van der Waals surface area contributed by atoms with Crippen LogP contribution >= 0.6 is 23.2 Å². The first-order valence-corrected chi connectivity index (χ1v) is 15.0. The normalized spacial score (nSPS) is 15.6. The van der Waals surface area contributed by atoms with Crippen molar-refractivity contribution in [3.05, 3.63) is 69.7 Å². The minimum Gasteiger partial charge on any atom is -0.445 e. The summed E-state index contributed by atoms with van der Waals surface area (Å²) in [5.41, 5.74) is -0.700. The number of rotatable bonds is 14. The molecule has 1 aliphatic rings. The Kier molecular flexibility index (Phi) is 13.1. The van der Waals surface area contributed by atoms with Gasteiger partial charge in [0.05, 0.1) is 0 Å².